The van der Waals surface area contributed by atoms with E-state index in [1.165, 1.54) is 0 Å². The Labute approximate surface area is 230 Å². The molecule has 1 saturated carbocycles. The van der Waals surface area contributed by atoms with Crippen LogP contribution in [0, 0.1) is 6.92 Å². The van der Waals surface area contributed by atoms with Gasteiger partial charge >= 0.3 is 0 Å². The molecule has 4 aromatic rings. The fourth-order valence-corrected chi connectivity index (χ4v) is 4.66. The Morgan fingerprint density at radius 1 is 1.10 bits per heavy atom. The van der Waals surface area contributed by atoms with Gasteiger partial charge in [-0.15, -0.1) is 0 Å². The molecular weight excluding hydrogens is 490 g/mol. The van der Waals surface area contributed by atoms with Crippen molar-refractivity contribution in [1.82, 2.24) is 24.7 Å². The summed E-state index contributed by atoms with van der Waals surface area (Å²) >= 11 is 0. The number of nitrogens with zero attached hydrogens (tertiary/aromatic N) is 6. The van der Waals surface area contributed by atoms with Crippen molar-refractivity contribution in [3.8, 4) is 0 Å². The fraction of sp³-hybridized carbons (Fsp3) is 0.433. The Balaban J connectivity index is 0.000000845. The van der Waals surface area contributed by atoms with Crippen LogP contribution in [-0.4, -0.2) is 30.6 Å². The monoisotopic (exact) mass is 529 g/mol. The molecule has 2 aliphatic rings. The van der Waals surface area contributed by atoms with E-state index in [4.69, 9.17) is 10.5 Å². The van der Waals surface area contributed by atoms with Gasteiger partial charge in [0, 0.05) is 42.0 Å². The van der Waals surface area contributed by atoms with E-state index in [9.17, 15) is 4.79 Å². The predicted molar refractivity (Wildman–Crippen MR) is 155 cm³/mol. The summed E-state index contributed by atoms with van der Waals surface area (Å²) in [4.78, 5) is 29.0. The lowest BCUT2D eigenvalue weighted by atomic mass is 10.0. The molecule has 206 valence electrons. The average Bonchev–Trinajstić information content (AvgIpc) is 3.58. The number of aromatic nitrogens is 5. The third-order valence-electron chi connectivity index (χ3n) is 6.78. The number of fused-ring (bicyclic) bond motifs is 3. The van der Waals surface area contributed by atoms with E-state index in [0.29, 0.717) is 43.6 Å². The van der Waals surface area contributed by atoms with E-state index in [2.05, 4.69) is 20.1 Å². The van der Waals surface area contributed by atoms with E-state index in [-0.39, 0.29) is 5.91 Å². The van der Waals surface area contributed by atoms with Crippen LogP contribution in [0.15, 0.2) is 36.8 Å². The van der Waals surface area contributed by atoms with Crippen LogP contribution in [0.3, 0.4) is 0 Å². The van der Waals surface area contributed by atoms with Crippen LogP contribution in [0.1, 0.15) is 91.9 Å². The van der Waals surface area contributed by atoms with E-state index in [1.54, 1.807) is 17.3 Å². The second-order valence-electron chi connectivity index (χ2n) is 9.25. The lowest BCUT2D eigenvalue weighted by Crippen LogP contribution is -2.31. The quantitative estimate of drug-likeness (QED) is 0.329. The smallest absolute Gasteiger partial charge is 0.261 e. The Kier molecular flexibility index (Phi) is 8.91. The zero-order chi connectivity index (χ0) is 28.1. The van der Waals surface area contributed by atoms with Crippen molar-refractivity contribution in [2.75, 3.05) is 10.6 Å². The van der Waals surface area contributed by atoms with Gasteiger partial charge in [0.2, 0.25) is 0 Å². The van der Waals surface area contributed by atoms with Crippen molar-refractivity contribution >= 4 is 28.3 Å². The maximum Gasteiger partial charge on any atom is 0.261 e. The lowest BCUT2D eigenvalue weighted by Gasteiger charge is -2.22. The number of pyridine rings is 1. The molecule has 9 nitrogen and oxygen atoms in total. The van der Waals surface area contributed by atoms with Crippen LogP contribution in [0.4, 0.5) is 11.5 Å². The number of hydrogen-bond donors (Lipinski definition) is 1. The topological polar surface area (TPSA) is 112 Å². The van der Waals surface area contributed by atoms with Gasteiger partial charge < -0.3 is 15.4 Å². The van der Waals surface area contributed by atoms with Gasteiger partial charge in [-0.05, 0) is 43.9 Å². The van der Waals surface area contributed by atoms with Gasteiger partial charge in [0.15, 0.2) is 0 Å². The Morgan fingerprint density at radius 3 is 2.44 bits per heavy atom. The number of carbonyl (C=O) groups excluding carboxylic acids is 1. The first-order chi connectivity index (χ1) is 19.0. The largest absolute Gasteiger partial charge is 0.383 e. The number of carbonyl (C=O) groups is 1. The Hall–Kier alpha value is -3.85. The molecule has 1 aliphatic carbocycles. The van der Waals surface area contributed by atoms with Crippen LogP contribution in [0.5, 0.6) is 0 Å². The fourth-order valence-electron chi connectivity index (χ4n) is 4.66. The molecule has 0 bridgehead atoms. The zero-order valence-electron chi connectivity index (χ0n) is 23.9. The van der Waals surface area contributed by atoms with Gasteiger partial charge in [-0.2, -0.15) is 5.10 Å². The summed E-state index contributed by atoms with van der Waals surface area (Å²) < 4.78 is 7.43. The number of hydrogen-bond acceptors (Lipinski definition) is 7. The summed E-state index contributed by atoms with van der Waals surface area (Å²) in [5.74, 6) is 1.59. The molecule has 0 spiro atoms. The van der Waals surface area contributed by atoms with E-state index in [0.717, 1.165) is 57.6 Å². The SMILES string of the molecule is CC.CC.CCn1cc(N(Cc2ccc3c4c(c(N)nc3c2)COC4)C(=O)c2cnc(C3CC3)nc2)c(C)n1. The molecule has 1 aromatic carbocycles. The normalized spacial score (nSPS) is 13.7. The van der Waals surface area contributed by atoms with Crippen LogP contribution in [0.25, 0.3) is 10.9 Å². The molecule has 39 heavy (non-hydrogen) atoms. The van der Waals surface area contributed by atoms with Crippen LogP contribution >= 0.6 is 0 Å². The molecule has 4 heterocycles. The highest BCUT2D eigenvalue weighted by molar-refractivity contribution is 6.06. The molecule has 1 amide bonds. The van der Waals surface area contributed by atoms with Crippen LogP contribution in [-0.2, 0) is 31.0 Å². The third-order valence-corrected chi connectivity index (χ3v) is 6.78. The highest BCUT2D eigenvalue weighted by Crippen LogP contribution is 2.37. The van der Waals surface area contributed by atoms with Gasteiger partial charge in [-0.1, -0.05) is 39.8 Å². The molecule has 0 unspecified atom stereocenters. The number of aryl methyl sites for hydroxylation is 2. The number of benzene rings is 1. The standard InChI is InChI=1S/C26H27N7O2.2C2H6/c1-3-32-12-23(15(2)31-32)33(26(34)18-9-28-25(29-10-18)17-5-6-17)11-16-4-7-19-20-13-35-14-21(20)24(27)30-22(19)8-16;2*1-2/h4,7-10,12,17H,3,5-6,11,13-14H2,1-2H3,(H2,27,30);2*1-2H3. The molecule has 0 radical (unpaired) electrons. The summed E-state index contributed by atoms with van der Waals surface area (Å²) in [6.07, 6.45) is 7.42. The first kappa shape index (κ1) is 28.2. The maximum atomic E-state index is 13.7. The number of nitrogens with two attached hydrogens (primary N) is 1. The van der Waals surface area contributed by atoms with Gasteiger partial charge in [-0.3, -0.25) is 9.48 Å². The van der Waals surface area contributed by atoms with E-state index >= 15 is 0 Å². The third kappa shape index (κ3) is 5.78. The zero-order valence-corrected chi connectivity index (χ0v) is 23.9. The van der Waals surface area contributed by atoms with Crippen LogP contribution < -0.4 is 10.6 Å². The number of amides is 1. The minimum Gasteiger partial charge on any atom is -0.383 e. The Bertz CT molecular complexity index is 1440. The first-order valence-electron chi connectivity index (χ1n) is 14.0. The van der Waals surface area contributed by atoms with Crippen molar-refractivity contribution in [1.29, 1.82) is 0 Å². The highest BCUT2D eigenvalue weighted by Gasteiger charge is 2.28. The highest BCUT2D eigenvalue weighted by atomic mass is 16.5. The number of ether oxygens (including phenoxy) is 1. The number of anilines is 2. The van der Waals surface area contributed by atoms with Crippen molar-refractivity contribution in [2.45, 2.75) is 86.6 Å². The van der Waals surface area contributed by atoms with Crippen molar-refractivity contribution in [3.05, 3.63) is 70.6 Å². The maximum absolute atomic E-state index is 13.7. The van der Waals surface area contributed by atoms with Crippen molar-refractivity contribution in [3.63, 3.8) is 0 Å². The van der Waals surface area contributed by atoms with Gasteiger partial charge in [0.1, 0.15) is 11.6 Å². The minimum absolute atomic E-state index is 0.166. The van der Waals surface area contributed by atoms with Crippen LogP contribution in [0.2, 0.25) is 0 Å². The van der Waals surface area contributed by atoms with E-state index in [1.807, 2.05) is 70.6 Å². The molecule has 1 fully saturated rings. The summed E-state index contributed by atoms with van der Waals surface area (Å²) in [5, 5.41) is 5.60. The first-order valence-corrected chi connectivity index (χ1v) is 14.0. The Morgan fingerprint density at radius 2 is 1.79 bits per heavy atom. The molecule has 3 aromatic heterocycles. The van der Waals surface area contributed by atoms with Crippen molar-refractivity contribution in [2.24, 2.45) is 0 Å². The molecular formula is C30H39N7O2. The molecule has 0 atom stereocenters. The summed E-state index contributed by atoms with van der Waals surface area (Å²) in [5.41, 5.74) is 12.0. The van der Waals surface area contributed by atoms with Gasteiger partial charge in [-0.25, -0.2) is 15.0 Å². The average molecular weight is 530 g/mol. The summed E-state index contributed by atoms with van der Waals surface area (Å²) in [6, 6.07) is 6.07. The molecule has 0 saturated heterocycles. The van der Waals surface area contributed by atoms with Crippen molar-refractivity contribution < 1.29 is 9.53 Å². The second-order valence-corrected chi connectivity index (χ2v) is 9.25. The number of nitrogen functional groups attached to an aromatic ring is 1. The van der Waals surface area contributed by atoms with Gasteiger partial charge in [0.05, 0.1) is 42.2 Å². The van der Waals surface area contributed by atoms with E-state index < -0.39 is 0 Å². The predicted octanol–water partition coefficient (Wildman–Crippen LogP) is 5.94. The second kappa shape index (κ2) is 12.3. The lowest BCUT2D eigenvalue weighted by molar-refractivity contribution is 0.0984. The molecule has 9 heteroatoms. The summed E-state index contributed by atoms with van der Waals surface area (Å²) in [7, 11) is 0. The number of rotatable bonds is 6. The minimum atomic E-state index is -0.166. The molecule has 6 rings (SSSR count). The summed E-state index contributed by atoms with van der Waals surface area (Å²) in [6.45, 7) is 14.0. The molecule has 2 N–H and O–H groups in total. The van der Waals surface area contributed by atoms with Gasteiger partial charge in [0.25, 0.3) is 5.91 Å². The molecule has 1 aliphatic heterocycles.